The van der Waals surface area contributed by atoms with Crippen LogP contribution in [0.15, 0.2) is 0 Å². The molecule has 0 aromatic carbocycles. The Morgan fingerprint density at radius 1 is 0.190 bits per heavy atom. The summed E-state index contributed by atoms with van der Waals surface area (Å²) in [6.45, 7) is 45.7. The molecule has 0 aromatic heterocycles. The summed E-state index contributed by atoms with van der Waals surface area (Å²) in [5.74, 6) is 0. The molecule has 0 rings (SSSR count). The van der Waals surface area contributed by atoms with Gasteiger partial charge in [0.25, 0.3) is 0 Å². The quantitative estimate of drug-likeness (QED) is 0.0387. The van der Waals surface area contributed by atoms with E-state index in [-0.39, 0.29) is 32.1 Å². The van der Waals surface area contributed by atoms with Crippen molar-refractivity contribution in [2.24, 2.45) is 34.4 Å². The second kappa shape index (κ2) is 95.2. The van der Waals surface area contributed by atoms with Crippen molar-refractivity contribution in [2.75, 3.05) is 264 Å². The minimum Gasteiger partial charge on any atom is -0.390 e. The van der Waals surface area contributed by atoms with Crippen LogP contribution in [0.1, 0.15) is 150 Å². The van der Waals surface area contributed by atoms with E-state index in [1.807, 2.05) is 137 Å². The predicted molar refractivity (Wildman–Crippen MR) is 505 cm³/mol. The molecule has 0 aliphatic carbocycles. The number of nitrogens with two attached hydrogens (primary N) is 6. The van der Waals surface area contributed by atoms with E-state index in [0.717, 1.165) is 82.1 Å². The first-order valence-electron chi connectivity index (χ1n) is 42.5. The van der Waals surface area contributed by atoms with E-state index in [4.69, 9.17) is 171 Å². The van der Waals surface area contributed by atoms with Crippen LogP contribution in [-0.2, 0) is 92.9 Å². The standard InChI is InChI=1S/C11H27NO3Si.C10H25NO3Si.2C9H23NO3Si.C8H21NO3Si.C7H19NO3Si.C6H17NO3Si.C5H15NO3Si.C3H11NO3Si.C2H9NO3Si.CH4/c1-6-13-16(14-7-2,15-8-3)11-9-10-12(4)5;1-6-12-15(13-7-2,14-8-3)10-9-11(4)5;1-6-13-14(11-4,12-5)9-7-8-10(2)3;1-4-11-14(12-5-2,13-6-3)9-7-8-10;1-4-10-13(8-7-9,11-5-2)12-6-3;1-4-11-12(9-2,10-3)7-5-6-8;1-4-10-11(8-2,9-3)6-5-7;1-6(2)4-3-5-10(7,8)9;4-2-1-3-8(5,6)7;3-1-2-7(4,5)6;/h6-11H2,1-5H3;6-10H2,1-5H3;6-9H2,1-5H3;4-10H2,1-3H3;4-9H2,1-3H3;4-8H2,1-3H3;4-7H2,1-3H3;7-9H,3-5H2,1-2H3;5-7H,1-4H2;4-6H,1-3H2;1H4. The van der Waals surface area contributed by atoms with E-state index in [2.05, 4.69) is 42.9 Å². The first-order valence-corrected chi connectivity index (χ1v) is 62.2. The maximum atomic E-state index is 8.56. The monoisotopic (exact) mass is 1950 g/mol. The van der Waals surface area contributed by atoms with Crippen LogP contribution in [0.3, 0.4) is 0 Å². The zero-order chi connectivity index (χ0) is 95.2. The van der Waals surface area contributed by atoms with E-state index in [9.17, 15) is 0 Å². The van der Waals surface area contributed by atoms with E-state index in [1.165, 1.54) is 0 Å². The number of rotatable bonds is 66. The molecule has 0 aliphatic rings. The summed E-state index contributed by atoms with van der Waals surface area (Å²) in [4.78, 5) is 83.7. The Hall–Kier alpha value is 0.569. The van der Waals surface area contributed by atoms with Gasteiger partial charge in [-0.2, -0.15) is 0 Å². The second-order valence-electron chi connectivity index (χ2n) is 26.4. The van der Waals surface area contributed by atoms with Crippen molar-refractivity contribution in [1.29, 1.82) is 0 Å². The average molecular weight is 1950 g/mol. The molecule has 0 radical (unpaired) electrons. The van der Waals surface area contributed by atoms with Crippen molar-refractivity contribution in [2.45, 2.75) is 210 Å². The number of nitrogens with zero attached hydrogens (tertiary/aromatic N) is 4. The summed E-state index contributed by atoms with van der Waals surface area (Å²) in [7, 11) is -2.01. The maximum Gasteiger partial charge on any atom is 0.502 e. The molecule has 748 valence electrons. The summed E-state index contributed by atoms with van der Waals surface area (Å²) >= 11 is 0. The molecule has 0 spiro atoms. The lowest BCUT2D eigenvalue weighted by atomic mass is 10.5. The fourth-order valence-electron chi connectivity index (χ4n) is 9.84. The zero-order valence-corrected chi connectivity index (χ0v) is 90.8. The van der Waals surface area contributed by atoms with E-state index in [0.29, 0.717) is 157 Å². The van der Waals surface area contributed by atoms with Gasteiger partial charge in [-0.15, -0.1) is 0 Å². The molecule has 0 saturated carbocycles. The highest BCUT2D eigenvalue weighted by molar-refractivity contribution is 6.63. The van der Waals surface area contributed by atoms with Gasteiger partial charge in [-0.1, -0.05) is 7.43 Å². The molecule has 121 heavy (non-hydrogen) atoms. The van der Waals surface area contributed by atoms with Crippen molar-refractivity contribution in [3.05, 3.63) is 0 Å². The molecular weight excluding hydrogens is 1750 g/mol. The van der Waals surface area contributed by atoms with Crippen LogP contribution in [0.5, 0.6) is 0 Å². The van der Waals surface area contributed by atoms with E-state index >= 15 is 0 Å². The normalized spacial score (nSPS) is 12.1. The predicted octanol–water partition coefficient (Wildman–Crippen LogP) is 3.58. The SMILES string of the molecule is C.CCO[Si](CCCN(C)C)(OC)OC.CCO[Si](CCCN(C)C)(OCC)OCC.CCO[Si](CCCN)(OC)OC.CCO[Si](CCCN)(OCC)OCC.CCO[Si](CCN(C)C)(OCC)OCC.CCO[Si](CCN)(OC)OC.CCO[Si](CCN)(OCC)OCC.CN(C)CCC[Si](O)(O)O.NCCC[Si](O)(O)O.NCC[Si](O)(O)O. The van der Waals surface area contributed by atoms with Crippen LogP contribution in [-0.4, -0.2) is 414 Å². The van der Waals surface area contributed by atoms with Crippen molar-refractivity contribution in [3.63, 3.8) is 0 Å². The Morgan fingerprint density at radius 2 is 0.339 bits per heavy atom. The largest absolute Gasteiger partial charge is 0.502 e. The summed E-state index contributed by atoms with van der Waals surface area (Å²) in [6.07, 6.45) is 4.97. The lowest BCUT2D eigenvalue weighted by molar-refractivity contribution is 0.0689. The summed E-state index contributed by atoms with van der Waals surface area (Å²) < 4.78 is 116. The molecule has 0 unspecified atom stereocenters. The van der Waals surface area contributed by atoms with Crippen molar-refractivity contribution in [1.82, 2.24) is 19.6 Å². The molecule has 21 N–H and O–H groups in total. The molecule has 0 aromatic rings. The topological polar surface area (TPSA) is 545 Å². The molecule has 0 amide bonds. The van der Waals surface area contributed by atoms with Crippen LogP contribution >= 0.6 is 0 Å². The smallest absolute Gasteiger partial charge is 0.390 e. The first-order chi connectivity index (χ1) is 56.3. The fourth-order valence-corrected chi connectivity index (χ4v) is 27.6. The van der Waals surface area contributed by atoms with Gasteiger partial charge in [0, 0.05) is 209 Å². The molecule has 0 aliphatic heterocycles. The lowest BCUT2D eigenvalue weighted by Crippen LogP contribution is -2.47. The Balaban J connectivity index is -0.000000124. The van der Waals surface area contributed by atoms with Crippen molar-refractivity contribution >= 4 is 88.0 Å². The fraction of sp³-hybridized carbons (Fsp3) is 1.00. The molecule has 50 heteroatoms. The van der Waals surface area contributed by atoms with Gasteiger partial charge in [-0.05, 0) is 258 Å². The second-order valence-corrected chi connectivity index (χ2v) is 52.4. The zero-order valence-electron chi connectivity index (χ0n) is 80.8. The van der Waals surface area contributed by atoms with Gasteiger partial charge in [0.2, 0.25) is 0 Å². The molecule has 0 atom stereocenters. The molecule has 0 fully saturated rings. The molecule has 0 bridgehead atoms. The average Bonchev–Trinajstić information content (AvgIpc) is 0.884. The van der Waals surface area contributed by atoms with Gasteiger partial charge in [0.15, 0.2) is 0 Å². The molecule has 0 saturated heterocycles. The lowest BCUT2D eigenvalue weighted by Gasteiger charge is -2.29. The van der Waals surface area contributed by atoms with Crippen molar-refractivity contribution < 1.29 is 136 Å². The van der Waals surface area contributed by atoms with Crippen LogP contribution in [0.25, 0.3) is 0 Å². The Labute approximate surface area is 747 Å². The van der Waals surface area contributed by atoms with Gasteiger partial charge in [-0.25, -0.2) is 0 Å². The van der Waals surface area contributed by atoms with Gasteiger partial charge >= 0.3 is 88.0 Å². The maximum absolute atomic E-state index is 8.56. The highest BCUT2D eigenvalue weighted by Gasteiger charge is 2.44. The van der Waals surface area contributed by atoms with Gasteiger partial charge in [-0.3, -0.25) is 0 Å². The third-order valence-electron chi connectivity index (χ3n) is 15.0. The van der Waals surface area contributed by atoms with Gasteiger partial charge < -0.3 is 190 Å². The van der Waals surface area contributed by atoms with Crippen LogP contribution in [0.4, 0.5) is 0 Å². The molecular formula is C71H194N10O30Si10. The molecule has 40 nitrogen and oxygen atoms in total. The van der Waals surface area contributed by atoms with E-state index < -0.39 is 88.0 Å². The van der Waals surface area contributed by atoms with Crippen LogP contribution < -0.4 is 34.4 Å². The third-order valence-corrected chi connectivity index (χ3v) is 39.1. The highest BCUT2D eigenvalue weighted by Crippen LogP contribution is 2.22. The third kappa shape index (κ3) is 96.4. The molecule has 0 heterocycles. The Kier molecular flexibility index (Phi) is 114. The minimum atomic E-state index is -3.78. The Morgan fingerprint density at radius 3 is 0.512 bits per heavy atom. The van der Waals surface area contributed by atoms with E-state index in [1.54, 1.807) is 42.7 Å². The van der Waals surface area contributed by atoms with Crippen molar-refractivity contribution in [3.8, 4) is 0 Å². The summed E-state index contributed by atoms with van der Waals surface area (Å²) in [6, 6.07) is 5.73. The Bertz CT molecular complexity index is 1930. The summed E-state index contributed by atoms with van der Waals surface area (Å²) in [5, 5.41) is 0. The van der Waals surface area contributed by atoms with Crippen LogP contribution in [0, 0.1) is 0 Å². The first kappa shape index (κ1) is 145. The highest BCUT2D eigenvalue weighted by atomic mass is 28.4. The van der Waals surface area contributed by atoms with Gasteiger partial charge in [0.1, 0.15) is 0 Å². The summed E-state index contributed by atoms with van der Waals surface area (Å²) in [5.41, 5.74) is 31.7. The van der Waals surface area contributed by atoms with Crippen LogP contribution in [0.2, 0.25) is 60.4 Å². The van der Waals surface area contributed by atoms with Gasteiger partial charge in [0.05, 0.1) is 0 Å². The number of hydrogen-bond acceptors (Lipinski definition) is 40. The number of hydrogen-bond donors (Lipinski definition) is 15. The minimum absolute atomic E-state index is 0.